The number of benzene rings is 1. The van der Waals surface area contributed by atoms with E-state index >= 15 is 0 Å². The van der Waals surface area contributed by atoms with E-state index in [0.717, 1.165) is 5.56 Å². The smallest absolute Gasteiger partial charge is 0.334 e. The van der Waals surface area contributed by atoms with Gasteiger partial charge in [-0.3, -0.25) is 19.7 Å². The van der Waals surface area contributed by atoms with E-state index in [4.69, 9.17) is 4.52 Å². The molecule has 0 radical (unpaired) electrons. The Bertz CT molecular complexity index is 753. The highest BCUT2D eigenvalue weighted by atomic mass is 16.6. The highest BCUT2D eigenvalue weighted by Gasteiger charge is 2.35. The molecule has 2 rings (SSSR count). The molecule has 126 valence electrons. The second kappa shape index (κ2) is 7.16. The molecule has 0 amide bonds. The lowest BCUT2D eigenvalue weighted by Gasteiger charge is -2.22. The molecule has 1 atom stereocenters. The van der Waals surface area contributed by atoms with Gasteiger partial charge in [-0.05, 0) is 26.3 Å². The van der Waals surface area contributed by atoms with Crippen LogP contribution in [0.25, 0.3) is 0 Å². The first kappa shape index (κ1) is 17.5. The second-order valence-electron chi connectivity index (χ2n) is 5.72. The summed E-state index contributed by atoms with van der Waals surface area (Å²) in [5.41, 5.74) is 0.710. The van der Waals surface area contributed by atoms with Gasteiger partial charge in [0.05, 0.1) is 10.8 Å². The summed E-state index contributed by atoms with van der Waals surface area (Å²) in [6.07, 6.45) is 0.0466. The Kier molecular flexibility index (Phi) is 5.23. The van der Waals surface area contributed by atoms with Crippen molar-refractivity contribution in [1.29, 1.82) is 0 Å². The molecule has 7 nitrogen and oxygen atoms in total. The molecule has 0 aliphatic heterocycles. The zero-order valence-corrected chi connectivity index (χ0v) is 13.7. The molecule has 24 heavy (non-hydrogen) atoms. The number of hydrogen-bond acceptors (Lipinski definition) is 6. The van der Waals surface area contributed by atoms with Crippen LogP contribution in [0.1, 0.15) is 36.8 Å². The summed E-state index contributed by atoms with van der Waals surface area (Å²) in [6.45, 7) is 4.18. The van der Waals surface area contributed by atoms with Crippen molar-refractivity contribution in [3.63, 3.8) is 0 Å². The third-order valence-corrected chi connectivity index (χ3v) is 3.99. The third-order valence-electron chi connectivity index (χ3n) is 3.99. The lowest BCUT2D eigenvalue weighted by molar-refractivity contribution is -0.386. The fraction of sp³-hybridized carbons (Fsp3) is 0.353. The van der Waals surface area contributed by atoms with Crippen LogP contribution in [-0.2, 0) is 16.0 Å². The molecule has 0 saturated carbocycles. The van der Waals surface area contributed by atoms with Gasteiger partial charge < -0.3 is 4.52 Å². The number of carbonyl (C=O) groups is 2. The highest BCUT2D eigenvalue weighted by Crippen LogP contribution is 2.34. The number of Topliss-reactive ketones (excluding diaryl/α,β-unsaturated/α-hetero) is 2. The largest absolute Gasteiger partial charge is 0.354 e. The minimum absolute atomic E-state index is 0.0466. The lowest BCUT2D eigenvalue weighted by atomic mass is 9.78. The van der Waals surface area contributed by atoms with Crippen molar-refractivity contribution in [2.45, 2.75) is 33.1 Å². The van der Waals surface area contributed by atoms with Crippen LogP contribution in [0.2, 0.25) is 0 Å². The monoisotopic (exact) mass is 330 g/mol. The van der Waals surface area contributed by atoms with Crippen molar-refractivity contribution in [3.05, 3.63) is 57.5 Å². The van der Waals surface area contributed by atoms with Crippen molar-refractivity contribution in [2.75, 3.05) is 0 Å². The van der Waals surface area contributed by atoms with E-state index in [1.165, 1.54) is 20.8 Å². The van der Waals surface area contributed by atoms with Gasteiger partial charge in [0.2, 0.25) is 5.76 Å². The van der Waals surface area contributed by atoms with Crippen molar-refractivity contribution < 1.29 is 19.0 Å². The van der Waals surface area contributed by atoms with E-state index in [0.29, 0.717) is 0 Å². The van der Waals surface area contributed by atoms with Crippen LogP contribution < -0.4 is 0 Å². The van der Waals surface area contributed by atoms with Gasteiger partial charge in [-0.2, -0.15) is 0 Å². The number of aromatic nitrogens is 1. The van der Waals surface area contributed by atoms with E-state index < -0.39 is 16.8 Å². The van der Waals surface area contributed by atoms with Gasteiger partial charge in [-0.1, -0.05) is 35.5 Å². The fourth-order valence-corrected chi connectivity index (χ4v) is 2.96. The molecule has 1 heterocycles. The number of nitrogens with zero attached hydrogens (tertiary/aromatic N) is 2. The molecule has 1 aromatic carbocycles. The average Bonchev–Trinajstić information content (AvgIpc) is 2.87. The summed E-state index contributed by atoms with van der Waals surface area (Å²) >= 11 is 0. The summed E-state index contributed by atoms with van der Waals surface area (Å²) in [7, 11) is 0. The van der Waals surface area contributed by atoms with Crippen molar-refractivity contribution >= 4 is 17.3 Å². The summed E-state index contributed by atoms with van der Waals surface area (Å²) in [5.74, 6) is -1.94. The standard InChI is InChI=1S/C17H18N2O5/c1-10-17(19(22)23)15(24-18-10)9-14(13-7-5-4-6-8-13)16(11(2)20)12(3)21/h4-8,14,16H,9H2,1-3H3. The molecule has 0 spiro atoms. The molecule has 0 N–H and O–H groups in total. The zero-order chi connectivity index (χ0) is 17.9. The van der Waals surface area contributed by atoms with Gasteiger partial charge in [0, 0.05) is 12.3 Å². The predicted octanol–water partition coefficient (Wildman–Crippen LogP) is 3.01. The Labute approximate surface area is 138 Å². The van der Waals surface area contributed by atoms with Gasteiger partial charge in [0.1, 0.15) is 11.6 Å². The van der Waals surface area contributed by atoms with E-state index in [9.17, 15) is 19.7 Å². The van der Waals surface area contributed by atoms with Gasteiger partial charge in [0.15, 0.2) is 5.69 Å². The van der Waals surface area contributed by atoms with Crippen LogP contribution in [0.5, 0.6) is 0 Å². The summed E-state index contributed by atoms with van der Waals surface area (Å²) in [6, 6.07) is 8.98. The number of ketones is 2. The number of aryl methyl sites for hydroxylation is 1. The van der Waals surface area contributed by atoms with Crippen molar-refractivity contribution in [3.8, 4) is 0 Å². The van der Waals surface area contributed by atoms with Crippen molar-refractivity contribution in [2.24, 2.45) is 5.92 Å². The first-order chi connectivity index (χ1) is 11.3. The van der Waals surface area contributed by atoms with Crippen LogP contribution >= 0.6 is 0 Å². The Hall–Kier alpha value is -2.83. The summed E-state index contributed by atoms with van der Waals surface area (Å²) in [4.78, 5) is 34.7. The first-order valence-corrected chi connectivity index (χ1v) is 7.48. The molecular weight excluding hydrogens is 312 g/mol. The minimum atomic E-state index is -0.891. The SMILES string of the molecule is CC(=O)C(C(C)=O)C(Cc1onc(C)c1[N+](=O)[O-])c1ccccc1. The number of carbonyl (C=O) groups excluding carboxylic acids is 2. The molecular formula is C17H18N2O5. The minimum Gasteiger partial charge on any atom is -0.354 e. The van der Waals surface area contributed by atoms with Gasteiger partial charge in [-0.15, -0.1) is 0 Å². The third kappa shape index (κ3) is 3.56. The molecule has 1 aromatic heterocycles. The average molecular weight is 330 g/mol. The number of hydrogen-bond donors (Lipinski definition) is 0. The Balaban J connectivity index is 2.50. The van der Waals surface area contributed by atoms with Crippen LogP contribution in [0.3, 0.4) is 0 Å². The van der Waals surface area contributed by atoms with Crippen LogP contribution in [-0.4, -0.2) is 21.6 Å². The van der Waals surface area contributed by atoms with E-state index in [-0.39, 0.29) is 35.1 Å². The highest BCUT2D eigenvalue weighted by molar-refractivity contribution is 6.01. The van der Waals surface area contributed by atoms with Crippen molar-refractivity contribution in [1.82, 2.24) is 5.16 Å². The van der Waals surface area contributed by atoms with Crippen LogP contribution in [0.4, 0.5) is 5.69 Å². The molecule has 2 aromatic rings. The predicted molar refractivity (Wildman–Crippen MR) is 85.6 cm³/mol. The van der Waals surface area contributed by atoms with Crippen LogP contribution in [0, 0.1) is 23.0 Å². The normalized spacial score (nSPS) is 12.2. The van der Waals surface area contributed by atoms with E-state index in [1.807, 2.05) is 6.07 Å². The molecule has 7 heteroatoms. The zero-order valence-electron chi connectivity index (χ0n) is 13.7. The quantitative estimate of drug-likeness (QED) is 0.439. The Morgan fingerprint density at radius 3 is 2.29 bits per heavy atom. The summed E-state index contributed by atoms with van der Waals surface area (Å²) < 4.78 is 5.10. The fourth-order valence-electron chi connectivity index (χ4n) is 2.96. The van der Waals surface area contributed by atoms with Gasteiger partial charge >= 0.3 is 5.69 Å². The number of nitro groups is 1. The molecule has 0 aliphatic rings. The maximum atomic E-state index is 12.0. The van der Waals surface area contributed by atoms with Crippen LogP contribution in [0.15, 0.2) is 34.9 Å². The van der Waals surface area contributed by atoms with Gasteiger partial charge in [-0.25, -0.2) is 0 Å². The van der Waals surface area contributed by atoms with E-state index in [2.05, 4.69) is 5.16 Å². The molecule has 0 saturated heterocycles. The maximum absolute atomic E-state index is 12.0. The second-order valence-corrected chi connectivity index (χ2v) is 5.72. The summed E-state index contributed by atoms with van der Waals surface area (Å²) in [5, 5.41) is 14.9. The Morgan fingerprint density at radius 2 is 1.79 bits per heavy atom. The van der Waals surface area contributed by atoms with E-state index in [1.54, 1.807) is 24.3 Å². The lowest BCUT2D eigenvalue weighted by Crippen LogP contribution is -2.28. The maximum Gasteiger partial charge on any atom is 0.334 e. The molecule has 0 fully saturated rings. The molecule has 0 aliphatic carbocycles. The molecule has 1 unspecified atom stereocenters. The van der Waals surface area contributed by atoms with Gasteiger partial charge in [0.25, 0.3) is 0 Å². The topological polar surface area (TPSA) is 103 Å². The Morgan fingerprint density at radius 1 is 1.21 bits per heavy atom. The first-order valence-electron chi connectivity index (χ1n) is 7.48. The number of rotatable bonds is 7. The molecule has 0 bridgehead atoms.